The minimum Gasteiger partial charge on any atom is -0.478 e. The molecule has 1 atom stereocenters. The maximum Gasteiger partial charge on any atom is 0.345 e. The summed E-state index contributed by atoms with van der Waals surface area (Å²) in [7, 11) is 0. The van der Waals surface area contributed by atoms with E-state index in [2.05, 4.69) is 20.9 Å². The second-order valence-corrected chi connectivity index (χ2v) is 5.67. The van der Waals surface area contributed by atoms with Gasteiger partial charge in [0.1, 0.15) is 11.5 Å². The van der Waals surface area contributed by atoms with Crippen molar-refractivity contribution in [3.05, 3.63) is 46.1 Å². The Balaban J connectivity index is 1.83. The first kappa shape index (κ1) is 13.9. The number of benzene rings is 1. The molecule has 1 aromatic heterocycles. The number of aliphatic carboxylic acids is 1. The summed E-state index contributed by atoms with van der Waals surface area (Å²) in [5.41, 5.74) is 1.89. The molecule has 2 heterocycles. The maximum absolute atomic E-state index is 11.0. The number of hydrogen-bond donors (Lipinski definition) is 1. The fourth-order valence-corrected chi connectivity index (χ4v) is 2.66. The van der Waals surface area contributed by atoms with Crippen molar-refractivity contribution in [1.29, 1.82) is 0 Å². The third-order valence-corrected chi connectivity index (χ3v) is 3.72. The van der Waals surface area contributed by atoms with Crippen molar-refractivity contribution in [2.75, 3.05) is 0 Å². The fraction of sp³-hybridized carbons (Fsp3) is 0.200. The number of nitrogens with zero attached hydrogens (tertiary/aromatic N) is 1. The number of pyridine rings is 1. The lowest BCUT2D eigenvalue weighted by Crippen LogP contribution is -2.24. The highest BCUT2D eigenvalue weighted by molar-refractivity contribution is 9.10. The molecular weight excluding hydrogens is 338 g/mol. The number of ether oxygens (including phenoxy) is 2. The van der Waals surface area contributed by atoms with Crippen LogP contribution < -0.4 is 9.47 Å². The van der Waals surface area contributed by atoms with Crippen LogP contribution in [-0.2, 0) is 11.2 Å². The van der Waals surface area contributed by atoms with Crippen molar-refractivity contribution in [3.8, 4) is 17.4 Å². The normalized spacial score (nSPS) is 16.2. The smallest absolute Gasteiger partial charge is 0.345 e. The SMILES string of the molecule is Cc1cnc(Oc2ccc3c(c2)OC(C(=O)O)C3)c(Br)c1. The van der Waals surface area contributed by atoms with Crippen LogP contribution in [0.5, 0.6) is 17.4 Å². The lowest BCUT2D eigenvalue weighted by Gasteiger charge is -2.08. The van der Waals surface area contributed by atoms with E-state index in [0.29, 0.717) is 23.8 Å². The van der Waals surface area contributed by atoms with Crippen LogP contribution in [0, 0.1) is 6.92 Å². The molecule has 1 unspecified atom stereocenters. The molecule has 108 valence electrons. The van der Waals surface area contributed by atoms with E-state index in [4.69, 9.17) is 14.6 Å². The van der Waals surface area contributed by atoms with E-state index in [1.807, 2.05) is 19.1 Å². The van der Waals surface area contributed by atoms with Gasteiger partial charge in [0.25, 0.3) is 0 Å². The summed E-state index contributed by atoms with van der Waals surface area (Å²) >= 11 is 3.40. The first-order valence-corrected chi connectivity index (χ1v) is 7.14. The zero-order chi connectivity index (χ0) is 15.0. The Bertz CT molecular complexity index is 717. The number of aryl methyl sites for hydroxylation is 1. The van der Waals surface area contributed by atoms with Gasteiger partial charge in [-0.2, -0.15) is 0 Å². The summed E-state index contributed by atoms with van der Waals surface area (Å²) in [5, 5.41) is 8.98. The molecule has 0 bridgehead atoms. The van der Waals surface area contributed by atoms with Crippen LogP contribution in [-0.4, -0.2) is 22.2 Å². The van der Waals surface area contributed by atoms with E-state index in [1.54, 1.807) is 18.3 Å². The number of halogens is 1. The highest BCUT2D eigenvalue weighted by Gasteiger charge is 2.29. The Hall–Kier alpha value is -2.08. The fourth-order valence-electron chi connectivity index (χ4n) is 2.12. The summed E-state index contributed by atoms with van der Waals surface area (Å²) < 4.78 is 11.8. The lowest BCUT2D eigenvalue weighted by atomic mass is 10.1. The van der Waals surface area contributed by atoms with Gasteiger partial charge in [-0.15, -0.1) is 0 Å². The topological polar surface area (TPSA) is 68.7 Å². The summed E-state index contributed by atoms with van der Waals surface area (Å²) in [6.07, 6.45) is 1.27. The zero-order valence-corrected chi connectivity index (χ0v) is 12.8. The predicted molar refractivity (Wildman–Crippen MR) is 78.9 cm³/mol. The van der Waals surface area contributed by atoms with Crippen LogP contribution in [0.25, 0.3) is 0 Å². The average molecular weight is 350 g/mol. The van der Waals surface area contributed by atoms with E-state index in [0.717, 1.165) is 15.6 Å². The predicted octanol–water partition coefficient (Wildman–Crippen LogP) is 3.33. The molecule has 3 rings (SSSR count). The molecule has 0 saturated heterocycles. The molecule has 5 nitrogen and oxygen atoms in total. The largest absolute Gasteiger partial charge is 0.478 e. The number of rotatable bonds is 3. The molecule has 0 saturated carbocycles. The van der Waals surface area contributed by atoms with Crippen molar-refractivity contribution in [1.82, 2.24) is 4.98 Å². The van der Waals surface area contributed by atoms with Gasteiger partial charge in [-0.3, -0.25) is 0 Å². The van der Waals surface area contributed by atoms with Crippen molar-refractivity contribution >= 4 is 21.9 Å². The third-order valence-electron chi connectivity index (χ3n) is 3.15. The van der Waals surface area contributed by atoms with E-state index >= 15 is 0 Å². The standard InChI is InChI=1S/C15H12BrNO4/c1-8-4-11(16)14(17-7-8)20-10-3-2-9-5-13(15(18)19)21-12(9)6-10/h2-4,6-7,13H,5H2,1H3,(H,18,19). The Morgan fingerprint density at radius 1 is 1.48 bits per heavy atom. The molecule has 0 amide bonds. The first-order valence-electron chi connectivity index (χ1n) is 6.35. The highest BCUT2D eigenvalue weighted by atomic mass is 79.9. The molecule has 0 fully saturated rings. The number of aromatic nitrogens is 1. The third kappa shape index (κ3) is 2.85. The van der Waals surface area contributed by atoms with E-state index < -0.39 is 12.1 Å². The summed E-state index contributed by atoms with van der Waals surface area (Å²) in [4.78, 5) is 15.2. The molecule has 0 aliphatic carbocycles. The van der Waals surface area contributed by atoms with Crippen molar-refractivity contribution in [2.24, 2.45) is 0 Å². The zero-order valence-electron chi connectivity index (χ0n) is 11.2. The summed E-state index contributed by atoms with van der Waals surface area (Å²) in [6.45, 7) is 1.94. The molecule has 21 heavy (non-hydrogen) atoms. The van der Waals surface area contributed by atoms with Crippen LogP contribution >= 0.6 is 15.9 Å². The summed E-state index contributed by atoms with van der Waals surface area (Å²) in [5.74, 6) is 0.588. The highest BCUT2D eigenvalue weighted by Crippen LogP contribution is 2.35. The van der Waals surface area contributed by atoms with Gasteiger partial charge >= 0.3 is 5.97 Å². The van der Waals surface area contributed by atoms with Crippen LogP contribution in [0.4, 0.5) is 0 Å². The van der Waals surface area contributed by atoms with Gasteiger partial charge in [0.2, 0.25) is 5.88 Å². The van der Waals surface area contributed by atoms with Gasteiger partial charge < -0.3 is 14.6 Å². The molecule has 1 N–H and O–H groups in total. The monoisotopic (exact) mass is 349 g/mol. The number of hydrogen-bond acceptors (Lipinski definition) is 4. The number of carbonyl (C=O) groups is 1. The number of carboxylic acid groups (broad SMARTS) is 1. The quantitative estimate of drug-likeness (QED) is 0.920. The van der Waals surface area contributed by atoms with E-state index in [-0.39, 0.29) is 0 Å². The second-order valence-electron chi connectivity index (χ2n) is 4.82. The van der Waals surface area contributed by atoms with Crippen LogP contribution in [0.15, 0.2) is 34.9 Å². The summed E-state index contributed by atoms with van der Waals surface area (Å²) in [6, 6.07) is 7.19. The van der Waals surface area contributed by atoms with Gasteiger partial charge in [0.15, 0.2) is 6.10 Å². The average Bonchev–Trinajstić information content (AvgIpc) is 2.85. The van der Waals surface area contributed by atoms with Gasteiger partial charge in [0, 0.05) is 18.7 Å². The maximum atomic E-state index is 11.0. The Labute approximate surface area is 129 Å². The molecular formula is C15H12BrNO4. The minimum absolute atomic E-state index is 0.372. The Kier molecular flexibility index (Phi) is 3.55. The van der Waals surface area contributed by atoms with Gasteiger partial charge in [0.05, 0.1) is 4.47 Å². The molecule has 0 radical (unpaired) electrons. The van der Waals surface area contributed by atoms with E-state index in [9.17, 15) is 4.79 Å². The molecule has 0 spiro atoms. The minimum atomic E-state index is -0.961. The van der Waals surface area contributed by atoms with Crippen LogP contribution in [0.3, 0.4) is 0 Å². The Morgan fingerprint density at radius 2 is 2.29 bits per heavy atom. The molecule has 1 aromatic carbocycles. The molecule has 1 aliphatic rings. The molecule has 1 aliphatic heterocycles. The van der Waals surface area contributed by atoms with Crippen LogP contribution in [0.2, 0.25) is 0 Å². The van der Waals surface area contributed by atoms with Gasteiger partial charge in [-0.1, -0.05) is 6.07 Å². The number of fused-ring (bicyclic) bond motifs is 1. The number of carboxylic acids is 1. The van der Waals surface area contributed by atoms with Gasteiger partial charge in [-0.25, -0.2) is 9.78 Å². The van der Waals surface area contributed by atoms with Crippen molar-refractivity contribution < 1.29 is 19.4 Å². The van der Waals surface area contributed by atoms with Gasteiger partial charge in [-0.05, 0) is 46.1 Å². The second kappa shape index (κ2) is 5.37. The Morgan fingerprint density at radius 3 is 3.00 bits per heavy atom. The van der Waals surface area contributed by atoms with Crippen molar-refractivity contribution in [2.45, 2.75) is 19.4 Å². The molecule has 6 heteroatoms. The first-order chi connectivity index (χ1) is 10.0. The molecule has 2 aromatic rings. The van der Waals surface area contributed by atoms with Crippen molar-refractivity contribution in [3.63, 3.8) is 0 Å². The van der Waals surface area contributed by atoms with Crippen LogP contribution in [0.1, 0.15) is 11.1 Å². The van der Waals surface area contributed by atoms with E-state index in [1.165, 1.54) is 0 Å². The lowest BCUT2D eigenvalue weighted by molar-refractivity contribution is -0.144.